The van der Waals surface area contributed by atoms with E-state index < -0.39 is 0 Å². The SMILES string of the molecule is CC(C)Cn1c(S[C@H](C)C(=O)N2CCCC2)nc2sc3c(c2c1=O)CC[C@@H](C)C3. The molecule has 1 fully saturated rings. The maximum Gasteiger partial charge on any atom is 0.263 e. The third kappa shape index (κ3) is 4.13. The number of nitrogens with zero attached hydrogens (tertiary/aromatic N) is 3. The minimum atomic E-state index is -0.231. The highest BCUT2D eigenvalue weighted by molar-refractivity contribution is 8.00. The van der Waals surface area contributed by atoms with Crippen LogP contribution in [0.3, 0.4) is 0 Å². The maximum atomic E-state index is 13.5. The summed E-state index contributed by atoms with van der Waals surface area (Å²) in [6.07, 6.45) is 5.34. The summed E-state index contributed by atoms with van der Waals surface area (Å²) >= 11 is 3.14. The second-order valence-electron chi connectivity index (χ2n) is 9.03. The van der Waals surface area contributed by atoms with Crippen molar-refractivity contribution in [2.24, 2.45) is 11.8 Å². The summed E-state index contributed by atoms with van der Waals surface area (Å²) in [5.41, 5.74) is 1.31. The predicted octanol–water partition coefficient (Wildman–Crippen LogP) is 4.34. The topological polar surface area (TPSA) is 55.2 Å². The van der Waals surface area contributed by atoms with E-state index in [9.17, 15) is 9.59 Å². The molecule has 0 spiro atoms. The third-order valence-corrected chi connectivity index (χ3v) is 8.20. The molecule has 3 heterocycles. The Morgan fingerprint density at radius 1 is 1.28 bits per heavy atom. The van der Waals surface area contributed by atoms with Gasteiger partial charge in [0.2, 0.25) is 5.91 Å². The number of rotatable bonds is 5. The van der Waals surface area contributed by atoms with Crippen LogP contribution >= 0.6 is 23.1 Å². The summed E-state index contributed by atoms with van der Waals surface area (Å²) in [7, 11) is 0. The standard InChI is InChI=1S/C22H31N3O2S2/c1-13(2)12-25-21(27)18-16-8-7-14(3)11-17(16)29-19(18)23-22(25)28-15(4)20(26)24-9-5-6-10-24/h13-15H,5-12H2,1-4H3/t14-,15-/m1/s1. The fourth-order valence-electron chi connectivity index (χ4n) is 4.42. The summed E-state index contributed by atoms with van der Waals surface area (Å²) in [6.45, 7) is 10.8. The van der Waals surface area contributed by atoms with Crippen LogP contribution in [0.5, 0.6) is 0 Å². The number of carbonyl (C=O) groups excluding carboxylic acids is 1. The van der Waals surface area contributed by atoms with Gasteiger partial charge in [0.25, 0.3) is 5.56 Å². The number of aromatic nitrogens is 2. The van der Waals surface area contributed by atoms with Crippen molar-refractivity contribution in [3.63, 3.8) is 0 Å². The quantitative estimate of drug-likeness (QED) is 0.520. The molecule has 2 aromatic heterocycles. The maximum absolute atomic E-state index is 13.5. The largest absolute Gasteiger partial charge is 0.342 e. The molecule has 1 aliphatic carbocycles. The van der Waals surface area contributed by atoms with Crippen molar-refractivity contribution >= 4 is 39.2 Å². The Morgan fingerprint density at radius 2 is 2.00 bits per heavy atom. The van der Waals surface area contributed by atoms with Gasteiger partial charge in [0, 0.05) is 24.5 Å². The molecule has 5 nitrogen and oxygen atoms in total. The first-order valence-electron chi connectivity index (χ1n) is 10.9. The molecule has 29 heavy (non-hydrogen) atoms. The highest BCUT2D eigenvalue weighted by Gasteiger charge is 2.28. The van der Waals surface area contributed by atoms with Crippen molar-refractivity contribution in [2.45, 2.75) is 76.8 Å². The molecular formula is C22H31N3O2S2. The van der Waals surface area contributed by atoms with Crippen molar-refractivity contribution < 1.29 is 4.79 Å². The Morgan fingerprint density at radius 3 is 2.69 bits per heavy atom. The van der Waals surface area contributed by atoms with Crippen LogP contribution in [-0.2, 0) is 24.2 Å². The Kier molecular flexibility index (Phi) is 6.07. The summed E-state index contributed by atoms with van der Waals surface area (Å²) in [4.78, 5) is 35.4. The molecule has 4 rings (SSSR count). The number of hydrogen-bond acceptors (Lipinski definition) is 5. The first-order valence-corrected chi connectivity index (χ1v) is 12.5. The first kappa shape index (κ1) is 20.9. The second-order valence-corrected chi connectivity index (χ2v) is 11.4. The van der Waals surface area contributed by atoms with E-state index in [2.05, 4.69) is 20.8 Å². The number of aryl methyl sites for hydroxylation is 1. The van der Waals surface area contributed by atoms with Crippen LogP contribution in [-0.4, -0.2) is 38.7 Å². The van der Waals surface area contributed by atoms with Crippen LogP contribution in [0.25, 0.3) is 10.2 Å². The van der Waals surface area contributed by atoms with E-state index in [1.807, 2.05) is 16.4 Å². The summed E-state index contributed by atoms with van der Waals surface area (Å²) < 4.78 is 1.83. The molecule has 7 heteroatoms. The van der Waals surface area contributed by atoms with E-state index >= 15 is 0 Å². The molecule has 1 aliphatic heterocycles. The van der Waals surface area contributed by atoms with E-state index in [0.717, 1.165) is 55.4 Å². The van der Waals surface area contributed by atoms with E-state index in [-0.39, 0.29) is 16.7 Å². The van der Waals surface area contributed by atoms with Crippen molar-refractivity contribution in [2.75, 3.05) is 13.1 Å². The smallest absolute Gasteiger partial charge is 0.263 e. The van der Waals surface area contributed by atoms with Crippen LogP contribution in [0.2, 0.25) is 0 Å². The van der Waals surface area contributed by atoms with E-state index in [0.29, 0.717) is 23.5 Å². The normalized spacial score (nSPS) is 20.4. The molecule has 2 aromatic rings. The van der Waals surface area contributed by atoms with Gasteiger partial charge < -0.3 is 4.90 Å². The fourth-order valence-corrected chi connectivity index (χ4v) is 6.85. The number of amides is 1. The predicted molar refractivity (Wildman–Crippen MR) is 121 cm³/mol. The fraction of sp³-hybridized carbons (Fsp3) is 0.682. The molecule has 0 bridgehead atoms. The van der Waals surface area contributed by atoms with Gasteiger partial charge in [-0.2, -0.15) is 0 Å². The van der Waals surface area contributed by atoms with Gasteiger partial charge in [0.05, 0.1) is 10.6 Å². The molecule has 158 valence electrons. The zero-order valence-electron chi connectivity index (χ0n) is 17.9. The Balaban J connectivity index is 1.73. The van der Waals surface area contributed by atoms with Crippen LogP contribution < -0.4 is 5.56 Å². The monoisotopic (exact) mass is 433 g/mol. The number of likely N-dealkylation sites (tertiary alicyclic amines) is 1. The zero-order valence-corrected chi connectivity index (χ0v) is 19.5. The van der Waals surface area contributed by atoms with E-state index in [1.54, 1.807) is 11.3 Å². The van der Waals surface area contributed by atoms with Gasteiger partial charge in [-0.05, 0) is 56.4 Å². The molecule has 0 aromatic carbocycles. The lowest BCUT2D eigenvalue weighted by molar-refractivity contribution is -0.129. The number of fused-ring (bicyclic) bond motifs is 3. The van der Waals surface area contributed by atoms with Crippen molar-refractivity contribution in [1.82, 2.24) is 14.5 Å². The minimum absolute atomic E-state index is 0.0825. The lowest BCUT2D eigenvalue weighted by Gasteiger charge is -2.21. The van der Waals surface area contributed by atoms with Crippen molar-refractivity contribution in [1.29, 1.82) is 0 Å². The van der Waals surface area contributed by atoms with Gasteiger partial charge in [-0.15, -0.1) is 11.3 Å². The first-order chi connectivity index (χ1) is 13.8. The molecule has 0 unspecified atom stereocenters. The Labute approximate surface area is 180 Å². The molecule has 2 aliphatic rings. The van der Waals surface area contributed by atoms with E-state index in [1.165, 1.54) is 22.2 Å². The summed E-state index contributed by atoms with van der Waals surface area (Å²) in [5, 5.41) is 1.30. The van der Waals surface area contributed by atoms with Gasteiger partial charge in [-0.1, -0.05) is 32.5 Å². The number of thioether (sulfide) groups is 1. The minimum Gasteiger partial charge on any atom is -0.342 e. The molecular weight excluding hydrogens is 402 g/mol. The summed E-state index contributed by atoms with van der Waals surface area (Å²) in [6, 6.07) is 0. The van der Waals surface area contributed by atoms with Gasteiger partial charge in [0.1, 0.15) is 4.83 Å². The molecule has 0 N–H and O–H groups in total. The number of thiophene rings is 1. The zero-order chi connectivity index (χ0) is 20.7. The van der Waals surface area contributed by atoms with Crippen LogP contribution in [0.4, 0.5) is 0 Å². The lowest BCUT2D eigenvalue weighted by atomic mass is 9.89. The molecule has 1 saturated heterocycles. The summed E-state index contributed by atoms with van der Waals surface area (Å²) in [5.74, 6) is 1.17. The third-order valence-electron chi connectivity index (χ3n) is 5.98. The highest BCUT2D eigenvalue weighted by Crippen LogP contribution is 2.37. The van der Waals surface area contributed by atoms with E-state index in [4.69, 9.17) is 4.98 Å². The number of hydrogen-bond donors (Lipinski definition) is 0. The van der Waals surface area contributed by atoms with Crippen LogP contribution in [0, 0.1) is 11.8 Å². The van der Waals surface area contributed by atoms with Crippen LogP contribution in [0.15, 0.2) is 9.95 Å². The average Bonchev–Trinajstić information content (AvgIpc) is 3.31. The van der Waals surface area contributed by atoms with Gasteiger partial charge >= 0.3 is 0 Å². The number of carbonyl (C=O) groups is 1. The lowest BCUT2D eigenvalue weighted by Crippen LogP contribution is -2.35. The van der Waals surface area contributed by atoms with Gasteiger partial charge in [-0.25, -0.2) is 4.98 Å². The highest BCUT2D eigenvalue weighted by atomic mass is 32.2. The second kappa shape index (κ2) is 8.42. The van der Waals surface area contributed by atoms with Gasteiger partial charge in [0.15, 0.2) is 5.16 Å². The molecule has 1 amide bonds. The van der Waals surface area contributed by atoms with Crippen LogP contribution in [0.1, 0.15) is 57.4 Å². The molecule has 0 radical (unpaired) electrons. The molecule has 0 saturated carbocycles. The van der Waals surface area contributed by atoms with Gasteiger partial charge in [-0.3, -0.25) is 14.2 Å². The average molecular weight is 434 g/mol. The molecule has 2 atom stereocenters. The van der Waals surface area contributed by atoms with Crippen molar-refractivity contribution in [3.8, 4) is 0 Å². The van der Waals surface area contributed by atoms with Crippen molar-refractivity contribution in [3.05, 3.63) is 20.8 Å². The Hall–Kier alpha value is -1.34. The Bertz CT molecular complexity index is 973.